The number of carbonyl (C=O) groups is 1. The van der Waals surface area contributed by atoms with Crippen molar-refractivity contribution in [3.63, 3.8) is 0 Å². The van der Waals surface area contributed by atoms with Crippen molar-refractivity contribution in [2.45, 2.75) is 39.9 Å². The van der Waals surface area contributed by atoms with Gasteiger partial charge in [0.15, 0.2) is 0 Å². The van der Waals surface area contributed by atoms with E-state index in [1.54, 1.807) is 13.8 Å². The summed E-state index contributed by atoms with van der Waals surface area (Å²) in [4.78, 5) is 22.1. The predicted molar refractivity (Wildman–Crippen MR) is 69.4 cm³/mol. The Morgan fingerprint density at radius 1 is 1.21 bits per heavy atom. The summed E-state index contributed by atoms with van der Waals surface area (Å²) < 4.78 is 10.4. The second-order valence-corrected chi connectivity index (χ2v) is 4.56. The molecule has 104 valence electrons. The third-order valence-corrected chi connectivity index (χ3v) is 2.10. The van der Waals surface area contributed by atoms with Gasteiger partial charge in [0, 0.05) is 12.1 Å². The van der Waals surface area contributed by atoms with Crippen LogP contribution >= 0.6 is 0 Å². The Morgan fingerprint density at radius 2 is 1.84 bits per heavy atom. The van der Waals surface area contributed by atoms with Gasteiger partial charge in [-0.25, -0.2) is 4.79 Å². The van der Waals surface area contributed by atoms with Gasteiger partial charge in [-0.15, -0.1) is 0 Å². The summed E-state index contributed by atoms with van der Waals surface area (Å²) in [5.41, 5.74) is -0.390. The van der Waals surface area contributed by atoms with Crippen LogP contribution in [0.15, 0.2) is 18.2 Å². The minimum atomic E-state index is -0.726. The van der Waals surface area contributed by atoms with Crippen molar-refractivity contribution in [3.8, 4) is 5.75 Å². The fourth-order valence-electron chi connectivity index (χ4n) is 1.46. The van der Waals surface area contributed by atoms with Crippen molar-refractivity contribution in [3.05, 3.63) is 33.9 Å². The summed E-state index contributed by atoms with van der Waals surface area (Å²) in [7, 11) is 0. The Bertz CT molecular complexity index is 482. The molecule has 0 aliphatic rings. The number of carbonyl (C=O) groups excluding carboxylic acids is 1. The van der Waals surface area contributed by atoms with Gasteiger partial charge in [-0.3, -0.25) is 10.1 Å². The highest BCUT2D eigenvalue weighted by atomic mass is 16.6. The highest BCUT2D eigenvalue weighted by Gasteiger charge is 2.23. The number of hydrogen-bond donors (Lipinski definition) is 0. The maximum absolute atomic E-state index is 11.8. The lowest BCUT2D eigenvalue weighted by molar-refractivity contribution is -0.385. The van der Waals surface area contributed by atoms with Crippen LogP contribution in [0.4, 0.5) is 5.69 Å². The standard InChI is InChI=1S/C13H17NO5/c1-8(2)18-10-5-6-12(14(16)17)11(7-10)13(15)19-9(3)4/h5-9H,1-4H3. The second kappa shape index (κ2) is 6.17. The molecule has 0 atom stereocenters. The van der Waals surface area contributed by atoms with Gasteiger partial charge in [0.25, 0.3) is 5.69 Å². The molecular weight excluding hydrogens is 250 g/mol. The van der Waals surface area contributed by atoms with Crippen LogP contribution in [0.5, 0.6) is 5.75 Å². The lowest BCUT2D eigenvalue weighted by Crippen LogP contribution is -2.14. The first kappa shape index (κ1) is 14.9. The molecule has 19 heavy (non-hydrogen) atoms. The molecule has 0 aliphatic carbocycles. The molecule has 0 radical (unpaired) electrons. The molecule has 0 heterocycles. The summed E-state index contributed by atoms with van der Waals surface area (Å²) in [5.74, 6) is -0.327. The summed E-state index contributed by atoms with van der Waals surface area (Å²) in [5, 5.41) is 10.9. The van der Waals surface area contributed by atoms with Crippen molar-refractivity contribution < 1.29 is 19.2 Å². The molecule has 1 rings (SSSR count). The number of nitro groups is 1. The van der Waals surface area contributed by atoms with E-state index in [0.29, 0.717) is 5.75 Å². The van der Waals surface area contributed by atoms with Crippen molar-refractivity contribution in [2.75, 3.05) is 0 Å². The Hall–Kier alpha value is -2.11. The van der Waals surface area contributed by atoms with Crippen molar-refractivity contribution in [1.29, 1.82) is 0 Å². The molecule has 0 fully saturated rings. The minimum absolute atomic E-state index is 0.0876. The largest absolute Gasteiger partial charge is 0.491 e. The number of rotatable bonds is 5. The maximum Gasteiger partial charge on any atom is 0.345 e. The summed E-state index contributed by atoms with van der Waals surface area (Å²) >= 11 is 0. The van der Waals surface area contributed by atoms with E-state index in [9.17, 15) is 14.9 Å². The zero-order valence-corrected chi connectivity index (χ0v) is 11.4. The van der Waals surface area contributed by atoms with Crippen molar-refractivity contribution in [2.24, 2.45) is 0 Å². The third kappa shape index (κ3) is 4.24. The minimum Gasteiger partial charge on any atom is -0.491 e. The molecule has 0 bridgehead atoms. The van der Waals surface area contributed by atoms with Gasteiger partial charge in [-0.2, -0.15) is 0 Å². The van der Waals surface area contributed by atoms with Gasteiger partial charge in [0.05, 0.1) is 17.1 Å². The van der Waals surface area contributed by atoms with Gasteiger partial charge in [-0.05, 0) is 33.8 Å². The smallest absolute Gasteiger partial charge is 0.345 e. The summed E-state index contributed by atoms with van der Waals surface area (Å²) in [6.07, 6.45) is -0.433. The summed E-state index contributed by atoms with van der Waals surface area (Å²) in [6, 6.07) is 4.04. The second-order valence-electron chi connectivity index (χ2n) is 4.56. The van der Waals surface area contributed by atoms with E-state index in [-0.39, 0.29) is 23.5 Å². The van der Waals surface area contributed by atoms with E-state index in [1.807, 2.05) is 13.8 Å². The molecule has 0 unspecified atom stereocenters. The van der Waals surface area contributed by atoms with Gasteiger partial charge in [0.1, 0.15) is 11.3 Å². The van der Waals surface area contributed by atoms with Crippen molar-refractivity contribution >= 4 is 11.7 Å². The van der Waals surface area contributed by atoms with Gasteiger partial charge in [0.2, 0.25) is 0 Å². The molecule has 0 aliphatic heterocycles. The maximum atomic E-state index is 11.8. The number of benzene rings is 1. The fourth-order valence-corrected chi connectivity index (χ4v) is 1.46. The molecule has 6 heteroatoms. The zero-order chi connectivity index (χ0) is 14.6. The molecule has 1 aromatic carbocycles. The first-order valence-corrected chi connectivity index (χ1v) is 5.97. The van der Waals surface area contributed by atoms with Crippen LogP contribution in [-0.2, 0) is 4.74 Å². The average molecular weight is 267 g/mol. The molecule has 6 nitrogen and oxygen atoms in total. The normalized spacial score (nSPS) is 10.6. The quantitative estimate of drug-likeness (QED) is 0.465. The first-order chi connectivity index (χ1) is 8.81. The lowest BCUT2D eigenvalue weighted by atomic mass is 10.1. The van der Waals surface area contributed by atoms with Crippen LogP contribution in [0.3, 0.4) is 0 Å². The Balaban J connectivity index is 3.15. The molecular formula is C13H17NO5. The average Bonchev–Trinajstić information content (AvgIpc) is 2.26. The molecule has 1 aromatic rings. The molecule has 0 saturated carbocycles. The predicted octanol–water partition coefficient (Wildman–Crippen LogP) is 2.95. The van der Waals surface area contributed by atoms with Crippen LogP contribution in [0, 0.1) is 10.1 Å². The third-order valence-electron chi connectivity index (χ3n) is 2.10. The van der Waals surface area contributed by atoms with Gasteiger partial charge >= 0.3 is 5.97 Å². The van der Waals surface area contributed by atoms with E-state index in [2.05, 4.69) is 0 Å². The Kier molecular flexibility index (Phi) is 4.86. The highest BCUT2D eigenvalue weighted by molar-refractivity contribution is 5.94. The molecule has 0 saturated heterocycles. The van der Waals surface area contributed by atoms with E-state index in [1.165, 1.54) is 18.2 Å². The van der Waals surface area contributed by atoms with Crippen molar-refractivity contribution in [1.82, 2.24) is 0 Å². The van der Waals surface area contributed by atoms with Crippen LogP contribution in [0.1, 0.15) is 38.1 Å². The van der Waals surface area contributed by atoms with Crippen LogP contribution in [-0.4, -0.2) is 23.1 Å². The monoisotopic (exact) mass is 267 g/mol. The molecule has 0 spiro atoms. The number of hydrogen-bond acceptors (Lipinski definition) is 5. The zero-order valence-electron chi connectivity index (χ0n) is 11.4. The lowest BCUT2D eigenvalue weighted by Gasteiger charge is -2.12. The van der Waals surface area contributed by atoms with Crippen LogP contribution in [0.25, 0.3) is 0 Å². The van der Waals surface area contributed by atoms with E-state index in [4.69, 9.17) is 9.47 Å². The van der Waals surface area contributed by atoms with Gasteiger partial charge in [-0.1, -0.05) is 0 Å². The Labute approximate surface area is 111 Å². The molecule has 0 N–H and O–H groups in total. The molecule has 0 amide bonds. The number of ether oxygens (including phenoxy) is 2. The molecule has 0 aromatic heterocycles. The summed E-state index contributed by atoms with van der Waals surface area (Å²) in [6.45, 7) is 7.01. The fraction of sp³-hybridized carbons (Fsp3) is 0.462. The van der Waals surface area contributed by atoms with Crippen LogP contribution < -0.4 is 4.74 Å². The number of esters is 1. The number of nitrogens with zero attached hydrogens (tertiary/aromatic N) is 1. The van der Waals surface area contributed by atoms with E-state index < -0.39 is 10.9 Å². The van der Waals surface area contributed by atoms with E-state index >= 15 is 0 Å². The van der Waals surface area contributed by atoms with E-state index in [0.717, 1.165) is 0 Å². The number of nitro benzene ring substituents is 1. The first-order valence-electron chi connectivity index (χ1n) is 5.97. The van der Waals surface area contributed by atoms with Crippen LogP contribution in [0.2, 0.25) is 0 Å². The topological polar surface area (TPSA) is 78.7 Å². The SMILES string of the molecule is CC(C)OC(=O)c1cc(OC(C)C)ccc1[N+](=O)[O-]. The Morgan fingerprint density at radius 3 is 2.32 bits per heavy atom. The van der Waals surface area contributed by atoms with Gasteiger partial charge < -0.3 is 9.47 Å². The highest BCUT2D eigenvalue weighted by Crippen LogP contribution is 2.25.